The van der Waals surface area contributed by atoms with Gasteiger partial charge in [-0.25, -0.2) is 9.67 Å². The summed E-state index contributed by atoms with van der Waals surface area (Å²) in [5, 5.41) is 4.27. The first-order valence-corrected chi connectivity index (χ1v) is 7.52. The fraction of sp³-hybridized carbons (Fsp3) is 0.429. The van der Waals surface area contributed by atoms with Crippen molar-refractivity contribution in [1.82, 2.24) is 14.8 Å². The molecule has 2 aromatic rings. The predicted octanol–water partition coefficient (Wildman–Crippen LogP) is 2.78. The van der Waals surface area contributed by atoms with Crippen LogP contribution in [0, 0.1) is 9.49 Å². The van der Waals surface area contributed by atoms with E-state index in [1.165, 1.54) is 9.13 Å². The van der Waals surface area contributed by atoms with Gasteiger partial charge in [0.15, 0.2) is 0 Å². The van der Waals surface area contributed by atoms with Crippen LogP contribution in [0.5, 0.6) is 0 Å². The molecule has 4 nitrogen and oxygen atoms in total. The van der Waals surface area contributed by atoms with Crippen molar-refractivity contribution in [1.29, 1.82) is 0 Å². The summed E-state index contributed by atoms with van der Waals surface area (Å²) in [4.78, 5) is 4.33. The second kappa shape index (κ2) is 6.47. The molecule has 2 N–H and O–H groups in total. The van der Waals surface area contributed by atoms with Crippen molar-refractivity contribution in [3.63, 3.8) is 0 Å². The molecule has 102 valence electrons. The number of nitrogens with two attached hydrogens (primary N) is 1. The maximum Gasteiger partial charge on any atom is 0.138 e. The molecule has 19 heavy (non-hydrogen) atoms. The summed E-state index contributed by atoms with van der Waals surface area (Å²) in [7, 11) is 0. The van der Waals surface area contributed by atoms with Crippen LogP contribution in [0.1, 0.15) is 31.3 Å². The molecule has 5 heteroatoms. The Bertz CT molecular complexity index is 536. The normalized spacial score (nSPS) is 12.9. The van der Waals surface area contributed by atoms with Gasteiger partial charge in [-0.15, -0.1) is 0 Å². The molecule has 0 aliphatic carbocycles. The smallest absolute Gasteiger partial charge is 0.138 e. The van der Waals surface area contributed by atoms with Gasteiger partial charge in [0.05, 0.1) is 0 Å². The monoisotopic (exact) mass is 370 g/mol. The van der Waals surface area contributed by atoms with Crippen LogP contribution in [0.25, 0.3) is 0 Å². The lowest BCUT2D eigenvalue weighted by Crippen LogP contribution is -2.19. The fourth-order valence-corrected chi connectivity index (χ4v) is 2.81. The molecule has 1 unspecified atom stereocenters. The van der Waals surface area contributed by atoms with Crippen LogP contribution in [0.2, 0.25) is 0 Å². The van der Waals surface area contributed by atoms with E-state index in [-0.39, 0.29) is 6.04 Å². The van der Waals surface area contributed by atoms with E-state index in [9.17, 15) is 0 Å². The molecule has 0 bridgehead atoms. The Balaban J connectivity index is 2.13. The highest BCUT2D eigenvalue weighted by molar-refractivity contribution is 14.1. The quantitative estimate of drug-likeness (QED) is 0.824. The zero-order chi connectivity index (χ0) is 13.8. The minimum atomic E-state index is -0.0387. The van der Waals surface area contributed by atoms with Crippen molar-refractivity contribution in [2.24, 2.45) is 11.7 Å². The Morgan fingerprint density at radius 1 is 1.32 bits per heavy atom. The molecule has 0 radical (unpaired) electrons. The molecule has 0 spiro atoms. The second-order valence-electron chi connectivity index (χ2n) is 5.08. The summed E-state index contributed by atoms with van der Waals surface area (Å²) >= 11 is 2.32. The van der Waals surface area contributed by atoms with E-state index in [0.717, 1.165) is 12.4 Å². The van der Waals surface area contributed by atoms with Crippen LogP contribution in [-0.2, 0) is 13.0 Å². The Morgan fingerprint density at radius 3 is 2.74 bits per heavy atom. The van der Waals surface area contributed by atoms with E-state index >= 15 is 0 Å². The number of nitrogens with zero attached hydrogens (tertiary/aromatic N) is 3. The molecule has 1 aromatic heterocycles. The summed E-state index contributed by atoms with van der Waals surface area (Å²) in [5.41, 5.74) is 7.47. The Morgan fingerprint density at radius 2 is 2.05 bits per heavy atom. The van der Waals surface area contributed by atoms with Gasteiger partial charge in [0.25, 0.3) is 0 Å². The Labute approximate surface area is 127 Å². The zero-order valence-electron chi connectivity index (χ0n) is 11.3. The molecular weight excluding hydrogens is 351 g/mol. The molecule has 1 aromatic carbocycles. The third-order valence-corrected chi connectivity index (χ3v) is 3.92. The first kappa shape index (κ1) is 14.5. The van der Waals surface area contributed by atoms with Crippen molar-refractivity contribution in [3.05, 3.63) is 45.6 Å². The lowest BCUT2D eigenvalue weighted by atomic mass is 10.0. The van der Waals surface area contributed by atoms with Gasteiger partial charge in [0.1, 0.15) is 12.2 Å². The summed E-state index contributed by atoms with van der Waals surface area (Å²) in [6.07, 6.45) is 2.33. The van der Waals surface area contributed by atoms with Crippen LogP contribution < -0.4 is 5.73 Å². The van der Waals surface area contributed by atoms with Crippen molar-refractivity contribution >= 4 is 22.6 Å². The fourth-order valence-electron chi connectivity index (χ4n) is 2.03. The summed E-state index contributed by atoms with van der Waals surface area (Å²) in [6, 6.07) is 8.17. The highest BCUT2D eigenvalue weighted by atomic mass is 127. The summed E-state index contributed by atoms with van der Waals surface area (Å²) in [5.74, 6) is 1.51. The number of halogens is 1. The first-order valence-electron chi connectivity index (χ1n) is 6.44. The van der Waals surface area contributed by atoms with Crippen molar-refractivity contribution in [2.75, 3.05) is 0 Å². The van der Waals surface area contributed by atoms with Gasteiger partial charge >= 0.3 is 0 Å². The van der Waals surface area contributed by atoms with Gasteiger partial charge in [0, 0.05) is 22.6 Å². The molecule has 0 saturated heterocycles. The lowest BCUT2D eigenvalue weighted by molar-refractivity contribution is 0.459. The number of hydrogen-bond donors (Lipinski definition) is 1. The van der Waals surface area contributed by atoms with Crippen molar-refractivity contribution in [2.45, 2.75) is 32.9 Å². The first-order chi connectivity index (χ1) is 9.08. The molecule has 1 heterocycles. The average molecular weight is 370 g/mol. The van der Waals surface area contributed by atoms with E-state index < -0.39 is 0 Å². The molecule has 1 atom stereocenters. The van der Waals surface area contributed by atoms with Crippen LogP contribution in [-0.4, -0.2) is 14.8 Å². The summed E-state index contributed by atoms with van der Waals surface area (Å²) in [6.45, 7) is 5.23. The van der Waals surface area contributed by atoms with Crippen molar-refractivity contribution in [3.8, 4) is 0 Å². The third-order valence-electron chi connectivity index (χ3n) is 2.94. The van der Waals surface area contributed by atoms with E-state index in [4.69, 9.17) is 5.73 Å². The molecule has 0 amide bonds. The summed E-state index contributed by atoms with van der Waals surface area (Å²) < 4.78 is 3.16. The SMILES string of the molecule is CC(C)Cn1ncnc1CC(N)c1ccccc1I. The molecule has 0 fully saturated rings. The molecule has 0 aliphatic heterocycles. The van der Waals surface area contributed by atoms with Gasteiger partial charge < -0.3 is 5.73 Å². The topological polar surface area (TPSA) is 56.7 Å². The standard InChI is InChI=1S/C14H19IN4/c1-10(2)8-19-14(17-9-18-19)7-13(16)11-5-3-4-6-12(11)15/h3-6,9-10,13H,7-8,16H2,1-2H3. The lowest BCUT2D eigenvalue weighted by Gasteiger charge is -2.15. The van der Waals surface area contributed by atoms with Gasteiger partial charge in [-0.1, -0.05) is 32.0 Å². The zero-order valence-corrected chi connectivity index (χ0v) is 13.4. The van der Waals surface area contributed by atoms with Crippen LogP contribution >= 0.6 is 22.6 Å². The molecule has 0 saturated carbocycles. The van der Waals surface area contributed by atoms with E-state index in [1.807, 2.05) is 16.8 Å². The molecule has 2 rings (SSSR count). The number of benzene rings is 1. The van der Waals surface area contributed by atoms with E-state index in [0.29, 0.717) is 12.3 Å². The van der Waals surface area contributed by atoms with Gasteiger partial charge in [0.2, 0.25) is 0 Å². The average Bonchev–Trinajstić information content (AvgIpc) is 2.76. The van der Waals surface area contributed by atoms with Crippen LogP contribution in [0.15, 0.2) is 30.6 Å². The largest absolute Gasteiger partial charge is 0.324 e. The third kappa shape index (κ3) is 3.76. The second-order valence-corrected chi connectivity index (χ2v) is 6.25. The van der Waals surface area contributed by atoms with Crippen molar-refractivity contribution < 1.29 is 0 Å². The number of hydrogen-bond acceptors (Lipinski definition) is 3. The number of rotatable bonds is 5. The van der Waals surface area contributed by atoms with Crippen LogP contribution in [0.3, 0.4) is 0 Å². The highest BCUT2D eigenvalue weighted by Crippen LogP contribution is 2.20. The van der Waals surface area contributed by atoms with Gasteiger partial charge in [-0.2, -0.15) is 5.10 Å². The Kier molecular flexibility index (Phi) is 4.93. The number of aromatic nitrogens is 3. The minimum Gasteiger partial charge on any atom is -0.324 e. The molecule has 0 aliphatic rings. The predicted molar refractivity (Wildman–Crippen MR) is 84.7 cm³/mol. The maximum absolute atomic E-state index is 6.30. The Hall–Kier alpha value is -0.950. The van der Waals surface area contributed by atoms with Gasteiger partial charge in [-0.05, 0) is 40.1 Å². The molecular formula is C14H19IN4. The highest BCUT2D eigenvalue weighted by Gasteiger charge is 2.14. The van der Waals surface area contributed by atoms with Crippen LogP contribution in [0.4, 0.5) is 0 Å². The van der Waals surface area contributed by atoms with E-state index in [2.05, 4.69) is 58.7 Å². The van der Waals surface area contributed by atoms with Gasteiger partial charge in [-0.3, -0.25) is 0 Å². The van der Waals surface area contributed by atoms with E-state index in [1.54, 1.807) is 6.33 Å². The minimum absolute atomic E-state index is 0.0387. The maximum atomic E-state index is 6.30.